The zero-order valence-corrected chi connectivity index (χ0v) is 14.4. The van der Waals surface area contributed by atoms with Gasteiger partial charge in [0.25, 0.3) is 0 Å². The Morgan fingerprint density at radius 3 is 2.62 bits per heavy atom. The lowest BCUT2D eigenvalue weighted by atomic mass is 9.71. The normalized spacial score (nSPS) is 33.3. The second-order valence-electron chi connectivity index (χ2n) is 6.77. The molecule has 1 aliphatic carbocycles. The van der Waals surface area contributed by atoms with Gasteiger partial charge in [-0.25, -0.2) is 0 Å². The monoisotopic (exact) mass is 329 g/mol. The molecule has 1 aromatic carbocycles. The van der Waals surface area contributed by atoms with Gasteiger partial charge in [0.2, 0.25) is 0 Å². The largest absolute Gasteiger partial charge is 0.632 e. The van der Waals surface area contributed by atoms with Gasteiger partial charge < -0.3 is 24.1 Å². The standard InChI is InChI=1S/C19H23NO4/c1-22-15-5-4-14-7-9-20(21)8-6-13-10-17(23-2)18(24-3)11-16(13)19(14,20)12-15/h4-5,7,10-11,15H,6,8-9,12H2,1-3H3. The smallest absolute Gasteiger partial charge is 0.161 e. The molecule has 2 heterocycles. The van der Waals surface area contributed by atoms with Gasteiger partial charge in [0, 0.05) is 31.1 Å². The Labute approximate surface area is 142 Å². The van der Waals surface area contributed by atoms with Crippen LogP contribution in [0, 0.1) is 5.21 Å². The third-order valence-electron chi connectivity index (χ3n) is 5.87. The second kappa shape index (κ2) is 5.34. The molecule has 0 aromatic heterocycles. The molecule has 5 heteroatoms. The van der Waals surface area contributed by atoms with Crippen LogP contribution in [0.4, 0.5) is 0 Å². The third kappa shape index (κ3) is 1.86. The van der Waals surface area contributed by atoms with Gasteiger partial charge in [0.15, 0.2) is 17.0 Å². The second-order valence-corrected chi connectivity index (χ2v) is 6.77. The molecule has 0 saturated carbocycles. The highest BCUT2D eigenvalue weighted by Crippen LogP contribution is 2.56. The number of methoxy groups -OCH3 is 3. The van der Waals surface area contributed by atoms with Crippen LogP contribution in [-0.2, 0) is 16.7 Å². The molecule has 0 amide bonds. The summed E-state index contributed by atoms with van der Waals surface area (Å²) in [5, 5.41) is 13.7. The van der Waals surface area contributed by atoms with Crippen molar-refractivity contribution in [3.63, 3.8) is 0 Å². The first-order valence-corrected chi connectivity index (χ1v) is 8.33. The van der Waals surface area contributed by atoms with Crippen LogP contribution in [0.3, 0.4) is 0 Å². The van der Waals surface area contributed by atoms with E-state index in [0.717, 1.165) is 23.3 Å². The van der Waals surface area contributed by atoms with E-state index < -0.39 is 5.54 Å². The predicted octanol–water partition coefficient (Wildman–Crippen LogP) is 2.68. The Hall–Kier alpha value is -1.82. The van der Waals surface area contributed by atoms with E-state index in [0.29, 0.717) is 25.3 Å². The highest BCUT2D eigenvalue weighted by Gasteiger charge is 2.57. The summed E-state index contributed by atoms with van der Waals surface area (Å²) < 4.78 is 16.3. The minimum absolute atomic E-state index is 0.0502. The number of ether oxygens (including phenoxy) is 3. The van der Waals surface area contributed by atoms with Gasteiger partial charge in [0.1, 0.15) is 0 Å². The van der Waals surface area contributed by atoms with E-state index in [4.69, 9.17) is 14.2 Å². The summed E-state index contributed by atoms with van der Waals surface area (Å²) >= 11 is 0. The first-order chi connectivity index (χ1) is 11.6. The average molecular weight is 329 g/mol. The minimum atomic E-state index is -0.595. The highest BCUT2D eigenvalue weighted by atomic mass is 16.6. The molecule has 3 unspecified atom stereocenters. The van der Waals surface area contributed by atoms with E-state index in [-0.39, 0.29) is 10.8 Å². The van der Waals surface area contributed by atoms with Crippen molar-refractivity contribution in [3.05, 3.63) is 52.3 Å². The zero-order chi connectivity index (χ0) is 16.9. The fourth-order valence-corrected chi connectivity index (χ4v) is 4.61. The molecule has 0 N–H and O–H groups in total. The lowest BCUT2D eigenvalue weighted by Crippen LogP contribution is -2.61. The molecule has 0 radical (unpaired) electrons. The molecular weight excluding hydrogens is 306 g/mol. The summed E-state index contributed by atoms with van der Waals surface area (Å²) in [6.07, 6.45) is 7.59. The van der Waals surface area contributed by atoms with Gasteiger partial charge in [-0.1, -0.05) is 12.2 Å². The van der Waals surface area contributed by atoms with E-state index in [1.54, 1.807) is 21.3 Å². The molecule has 3 atom stereocenters. The quantitative estimate of drug-likeness (QED) is 0.632. The minimum Gasteiger partial charge on any atom is -0.632 e. The van der Waals surface area contributed by atoms with Crippen LogP contribution >= 0.6 is 0 Å². The van der Waals surface area contributed by atoms with Crippen LogP contribution < -0.4 is 9.47 Å². The van der Waals surface area contributed by atoms with Gasteiger partial charge in [-0.15, -0.1) is 0 Å². The Kier molecular flexibility index (Phi) is 3.49. The number of quaternary nitrogens is 1. The van der Waals surface area contributed by atoms with Crippen molar-refractivity contribution in [2.24, 2.45) is 0 Å². The molecule has 24 heavy (non-hydrogen) atoms. The Balaban J connectivity index is 1.95. The molecule has 1 aromatic rings. The Morgan fingerprint density at radius 2 is 1.92 bits per heavy atom. The first-order valence-electron chi connectivity index (χ1n) is 8.33. The van der Waals surface area contributed by atoms with E-state index in [1.165, 1.54) is 5.56 Å². The van der Waals surface area contributed by atoms with Crippen LogP contribution in [0.2, 0.25) is 0 Å². The summed E-state index contributed by atoms with van der Waals surface area (Å²) in [6.45, 7) is 1.09. The average Bonchev–Trinajstić information content (AvgIpc) is 2.93. The van der Waals surface area contributed by atoms with Crippen molar-refractivity contribution >= 4 is 0 Å². The number of hydrogen-bond donors (Lipinski definition) is 0. The van der Waals surface area contributed by atoms with E-state index in [9.17, 15) is 5.21 Å². The van der Waals surface area contributed by atoms with Crippen LogP contribution in [0.1, 0.15) is 17.5 Å². The predicted molar refractivity (Wildman–Crippen MR) is 90.9 cm³/mol. The summed E-state index contributed by atoms with van der Waals surface area (Å²) in [5.74, 6) is 1.39. The maximum absolute atomic E-state index is 13.7. The maximum atomic E-state index is 13.7. The molecule has 128 valence electrons. The van der Waals surface area contributed by atoms with Gasteiger partial charge >= 0.3 is 0 Å². The molecule has 0 bridgehead atoms. The van der Waals surface area contributed by atoms with Gasteiger partial charge in [-0.2, -0.15) is 0 Å². The molecule has 1 spiro atoms. The molecule has 5 nitrogen and oxygen atoms in total. The fraction of sp³-hybridized carbons (Fsp3) is 0.474. The van der Waals surface area contributed by atoms with Crippen LogP contribution in [0.15, 0.2) is 35.9 Å². The summed E-state index contributed by atoms with van der Waals surface area (Å²) in [7, 11) is 4.98. The van der Waals surface area contributed by atoms with Crippen molar-refractivity contribution in [2.75, 3.05) is 34.4 Å². The SMILES string of the molecule is COc1cc2c(cc1OC)C13CC(OC)C=CC1=CC[N+]3([O-])CC2. The van der Waals surface area contributed by atoms with E-state index in [1.807, 2.05) is 12.1 Å². The van der Waals surface area contributed by atoms with Gasteiger partial charge in [-0.05, 0) is 23.8 Å². The van der Waals surface area contributed by atoms with Gasteiger partial charge in [0.05, 0.1) is 33.4 Å². The highest BCUT2D eigenvalue weighted by molar-refractivity contribution is 5.55. The van der Waals surface area contributed by atoms with Crippen molar-refractivity contribution < 1.29 is 18.9 Å². The number of hydrogen-bond acceptors (Lipinski definition) is 4. The van der Waals surface area contributed by atoms with Crippen molar-refractivity contribution in [1.82, 2.24) is 0 Å². The van der Waals surface area contributed by atoms with Crippen LogP contribution in [0.25, 0.3) is 0 Å². The third-order valence-corrected chi connectivity index (χ3v) is 5.87. The van der Waals surface area contributed by atoms with Crippen LogP contribution in [0.5, 0.6) is 11.5 Å². The van der Waals surface area contributed by atoms with Crippen molar-refractivity contribution in [3.8, 4) is 11.5 Å². The Morgan fingerprint density at radius 1 is 1.17 bits per heavy atom. The lowest BCUT2D eigenvalue weighted by Gasteiger charge is -2.58. The fourth-order valence-electron chi connectivity index (χ4n) is 4.61. The summed E-state index contributed by atoms with van der Waals surface area (Å²) in [6, 6.07) is 4.03. The molecule has 0 saturated heterocycles. The number of benzene rings is 1. The Bertz CT molecular complexity index is 741. The molecule has 4 rings (SSSR count). The lowest BCUT2D eigenvalue weighted by molar-refractivity contribution is -0.926. The van der Waals surface area contributed by atoms with E-state index in [2.05, 4.69) is 18.2 Å². The number of hydroxylamine groups is 3. The molecule has 3 aliphatic rings. The maximum Gasteiger partial charge on any atom is 0.161 e. The van der Waals surface area contributed by atoms with Crippen LogP contribution in [-0.4, -0.2) is 45.2 Å². The van der Waals surface area contributed by atoms with Crippen molar-refractivity contribution in [1.29, 1.82) is 0 Å². The molecule has 2 aliphatic heterocycles. The van der Waals surface area contributed by atoms with E-state index >= 15 is 0 Å². The number of rotatable bonds is 3. The zero-order valence-electron chi connectivity index (χ0n) is 14.4. The number of fused-ring (bicyclic) bond motifs is 1. The molecular formula is C19H23NO4. The van der Waals surface area contributed by atoms with Gasteiger partial charge in [-0.3, -0.25) is 0 Å². The summed E-state index contributed by atoms with van der Waals surface area (Å²) in [5.41, 5.74) is 2.76. The molecule has 0 fully saturated rings. The van der Waals surface area contributed by atoms with Crippen molar-refractivity contribution in [2.45, 2.75) is 24.5 Å². The first kappa shape index (κ1) is 15.7. The topological polar surface area (TPSA) is 50.8 Å². The number of nitrogens with zero attached hydrogens (tertiary/aromatic N) is 1. The summed E-state index contributed by atoms with van der Waals surface area (Å²) in [4.78, 5) is 0.